The smallest absolute Gasteiger partial charge is 0.247 e. The van der Waals surface area contributed by atoms with E-state index >= 15 is 0 Å². The quantitative estimate of drug-likeness (QED) is 0.821. The van der Waals surface area contributed by atoms with Crippen molar-refractivity contribution in [3.05, 3.63) is 18.5 Å². The Labute approximate surface area is 137 Å². The molecule has 1 aliphatic rings. The maximum Gasteiger partial charge on any atom is 0.247 e. The van der Waals surface area contributed by atoms with Gasteiger partial charge in [-0.05, 0) is 45.3 Å². The normalized spacial score (nSPS) is 17.1. The molecule has 1 N–H and O–H groups in total. The standard InChI is InChI=1S/C16H27N5O2/c1-13(21-8-4-7-18-21)16(23)19(3)12-15(22)20-9-5-14(6-10-20)11-17-2/h4,7-8,13-14,17H,5-6,9-12H2,1-3H3. The summed E-state index contributed by atoms with van der Waals surface area (Å²) in [4.78, 5) is 28.1. The molecule has 0 aromatic carbocycles. The molecule has 1 aromatic heterocycles. The van der Waals surface area contributed by atoms with Crippen LogP contribution in [-0.4, -0.2) is 71.7 Å². The van der Waals surface area contributed by atoms with Crippen LogP contribution in [0.15, 0.2) is 18.5 Å². The predicted molar refractivity (Wildman–Crippen MR) is 87.8 cm³/mol. The molecule has 1 aliphatic heterocycles. The molecule has 2 amide bonds. The van der Waals surface area contributed by atoms with Crippen molar-refractivity contribution in [1.29, 1.82) is 0 Å². The lowest BCUT2D eigenvalue weighted by molar-refractivity contribution is -0.141. The molecule has 7 nitrogen and oxygen atoms in total. The lowest BCUT2D eigenvalue weighted by Gasteiger charge is -2.33. The summed E-state index contributed by atoms with van der Waals surface area (Å²) in [5.74, 6) is 0.562. The number of rotatable bonds is 6. The second kappa shape index (κ2) is 8.10. The highest BCUT2D eigenvalue weighted by atomic mass is 16.2. The van der Waals surface area contributed by atoms with Gasteiger partial charge in [-0.2, -0.15) is 5.10 Å². The van der Waals surface area contributed by atoms with Crippen molar-refractivity contribution < 1.29 is 9.59 Å². The summed E-state index contributed by atoms with van der Waals surface area (Å²) in [6, 6.07) is 1.38. The molecular weight excluding hydrogens is 294 g/mol. The summed E-state index contributed by atoms with van der Waals surface area (Å²) in [6.45, 7) is 4.48. The van der Waals surface area contributed by atoms with Gasteiger partial charge in [0.05, 0.1) is 6.54 Å². The Bertz CT molecular complexity index is 509. The Hall–Kier alpha value is -1.89. The zero-order valence-corrected chi connectivity index (χ0v) is 14.2. The number of hydrogen-bond acceptors (Lipinski definition) is 4. The molecule has 0 bridgehead atoms. The third-order valence-electron chi connectivity index (χ3n) is 4.49. The third kappa shape index (κ3) is 4.54. The number of nitrogens with one attached hydrogen (secondary N) is 1. The van der Waals surface area contributed by atoms with Crippen molar-refractivity contribution in [2.45, 2.75) is 25.8 Å². The molecule has 0 saturated carbocycles. The molecule has 0 radical (unpaired) electrons. The molecular formula is C16H27N5O2. The molecule has 1 saturated heterocycles. The molecule has 128 valence electrons. The number of amides is 2. The maximum atomic E-state index is 12.4. The van der Waals surface area contributed by atoms with Crippen LogP contribution in [0.2, 0.25) is 0 Å². The number of piperidine rings is 1. The van der Waals surface area contributed by atoms with E-state index in [0.717, 1.165) is 32.5 Å². The number of likely N-dealkylation sites (tertiary alicyclic amines) is 1. The van der Waals surface area contributed by atoms with Gasteiger partial charge in [0.1, 0.15) is 6.04 Å². The number of carbonyl (C=O) groups excluding carboxylic acids is 2. The minimum absolute atomic E-state index is 0.0245. The first-order valence-corrected chi connectivity index (χ1v) is 8.19. The van der Waals surface area contributed by atoms with E-state index < -0.39 is 6.04 Å². The van der Waals surface area contributed by atoms with Crippen molar-refractivity contribution in [2.75, 3.05) is 40.3 Å². The minimum Gasteiger partial charge on any atom is -0.341 e. The highest BCUT2D eigenvalue weighted by Crippen LogP contribution is 2.16. The SMILES string of the molecule is CNCC1CCN(C(=O)CN(C)C(=O)C(C)n2cccn2)CC1. The summed E-state index contributed by atoms with van der Waals surface area (Å²) in [7, 11) is 3.63. The average molecular weight is 321 g/mol. The van der Waals surface area contributed by atoms with E-state index in [1.165, 1.54) is 4.90 Å². The van der Waals surface area contributed by atoms with Crippen molar-refractivity contribution >= 4 is 11.8 Å². The van der Waals surface area contributed by atoms with Gasteiger partial charge < -0.3 is 15.1 Å². The second-order valence-corrected chi connectivity index (χ2v) is 6.24. The second-order valence-electron chi connectivity index (χ2n) is 6.24. The fourth-order valence-electron chi connectivity index (χ4n) is 3.00. The zero-order valence-electron chi connectivity index (χ0n) is 14.2. The number of likely N-dealkylation sites (N-methyl/N-ethyl adjacent to an activating group) is 1. The lowest BCUT2D eigenvalue weighted by atomic mass is 9.97. The fraction of sp³-hybridized carbons (Fsp3) is 0.688. The van der Waals surface area contributed by atoms with Crippen molar-refractivity contribution in [3.8, 4) is 0 Å². The van der Waals surface area contributed by atoms with Crippen LogP contribution in [0.4, 0.5) is 0 Å². The van der Waals surface area contributed by atoms with Gasteiger partial charge >= 0.3 is 0 Å². The number of nitrogens with zero attached hydrogens (tertiary/aromatic N) is 4. The highest BCUT2D eigenvalue weighted by molar-refractivity contribution is 5.86. The van der Waals surface area contributed by atoms with Gasteiger partial charge in [-0.1, -0.05) is 0 Å². The molecule has 23 heavy (non-hydrogen) atoms. The van der Waals surface area contributed by atoms with Crippen LogP contribution in [0.25, 0.3) is 0 Å². The summed E-state index contributed by atoms with van der Waals surface area (Å²) < 4.78 is 1.60. The first-order valence-electron chi connectivity index (χ1n) is 8.19. The number of aromatic nitrogens is 2. The molecule has 1 fully saturated rings. The summed E-state index contributed by atoms with van der Waals surface area (Å²) in [5, 5.41) is 7.27. The first kappa shape index (κ1) is 17.5. The minimum atomic E-state index is -0.399. The van der Waals surface area contributed by atoms with Gasteiger partial charge in [0.15, 0.2) is 0 Å². The lowest BCUT2D eigenvalue weighted by Crippen LogP contribution is -2.46. The van der Waals surface area contributed by atoms with E-state index in [0.29, 0.717) is 5.92 Å². The first-order chi connectivity index (χ1) is 11.0. The molecule has 2 heterocycles. The van der Waals surface area contributed by atoms with Gasteiger partial charge in [0.25, 0.3) is 0 Å². The summed E-state index contributed by atoms with van der Waals surface area (Å²) >= 11 is 0. The Morgan fingerprint density at radius 3 is 2.65 bits per heavy atom. The van der Waals surface area contributed by atoms with Crippen LogP contribution < -0.4 is 5.32 Å². The molecule has 0 aliphatic carbocycles. The largest absolute Gasteiger partial charge is 0.341 e. The maximum absolute atomic E-state index is 12.4. The number of hydrogen-bond donors (Lipinski definition) is 1. The van der Waals surface area contributed by atoms with Crippen LogP contribution in [0.5, 0.6) is 0 Å². The molecule has 2 rings (SSSR count). The van der Waals surface area contributed by atoms with Crippen LogP contribution in [0.3, 0.4) is 0 Å². The van der Waals surface area contributed by atoms with E-state index in [2.05, 4.69) is 10.4 Å². The van der Waals surface area contributed by atoms with Gasteiger partial charge in [-0.15, -0.1) is 0 Å². The third-order valence-corrected chi connectivity index (χ3v) is 4.49. The number of carbonyl (C=O) groups is 2. The Kier molecular flexibility index (Phi) is 6.15. The Balaban J connectivity index is 1.82. The average Bonchev–Trinajstić information content (AvgIpc) is 3.08. The fourth-order valence-corrected chi connectivity index (χ4v) is 3.00. The van der Waals surface area contributed by atoms with Gasteiger partial charge in [-0.25, -0.2) is 0 Å². The van der Waals surface area contributed by atoms with E-state index in [-0.39, 0.29) is 18.4 Å². The van der Waals surface area contributed by atoms with Crippen LogP contribution in [0.1, 0.15) is 25.8 Å². The van der Waals surface area contributed by atoms with Crippen LogP contribution in [-0.2, 0) is 9.59 Å². The Morgan fingerprint density at radius 2 is 2.09 bits per heavy atom. The molecule has 0 spiro atoms. The van der Waals surface area contributed by atoms with Crippen molar-refractivity contribution in [2.24, 2.45) is 5.92 Å². The van der Waals surface area contributed by atoms with Crippen LogP contribution >= 0.6 is 0 Å². The molecule has 1 atom stereocenters. The summed E-state index contributed by atoms with van der Waals surface area (Å²) in [6.07, 6.45) is 5.44. The van der Waals surface area contributed by atoms with E-state index in [4.69, 9.17) is 0 Å². The van der Waals surface area contributed by atoms with E-state index in [1.807, 2.05) is 11.9 Å². The van der Waals surface area contributed by atoms with Gasteiger partial charge in [0, 0.05) is 32.5 Å². The molecule has 7 heteroatoms. The van der Waals surface area contributed by atoms with Crippen LogP contribution in [0, 0.1) is 5.92 Å². The summed E-state index contributed by atoms with van der Waals surface area (Å²) in [5.41, 5.74) is 0. The zero-order chi connectivity index (χ0) is 16.8. The monoisotopic (exact) mass is 321 g/mol. The van der Waals surface area contributed by atoms with Crippen molar-refractivity contribution in [3.63, 3.8) is 0 Å². The molecule has 1 unspecified atom stereocenters. The Morgan fingerprint density at radius 1 is 1.39 bits per heavy atom. The van der Waals surface area contributed by atoms with Crippen molar-refractivity contribution in [1.82, 2.24) is 24.9 Å². The van der Waals surface area contributed by atoms with E-state index in [9.17, 15) is 9.59 Å². The topological polar surface area (TPSA) is 70.5 Å². The highest BCUT2D eigenvalue weighted by Gasteiger charge is 2.26. The molecule has 1 aromatic rings. The van der Waals surface area contributed by atoms with Gasteiger partial charge in [-0.3, -0.25) is 14.3 Å². The van der Waals surface area contributed by atoms with E-state index in [1.54, 1.807) is 37.1 Å². The predicted octanol–water partition coefficient (Wildman–Crippen LogP) is 0.361. The van der Waals surface area contributed by atoms with Gasteiger partial charge in [0.2, 0.25) is 11.8 Å².